The smallest absolute Gasteiger partial charge is 0.306 e. The largest absolute Gasteiger partial charge is 0.462 e. The number of unbranched alkanes of at least 4 members (excludes halogenated alkanes) is 35. The van der Waals surface area contributed by atoms with Crippen molar-refractivity contribution in [1.29, 1.82) is 0 Å². The number of carbonyl (C=O) groups is 3. The minimum atomic E-state index is -0.780. The third-order valence-electron chi connectivity index (χ3n) is 13.0. The fraction of sp³-hybridized carbons (Fsp3) is 0.823. The summed E-state index contributed by atoms with van der Waals surface area (Å²) in [6.07, 6.45) is 69.6. The second kappa shape index (κ2) is 57.0. The molecular formula is C62H112O6. The molecule has 68 heavy (non-hydrogen) atoms. The summed E-state index contributed by atoms with van der Waals surface area (Å²) >= 11 is 0. The van der Waals surface area contributed by atoms with Gasteiger partial charge in [-0.3, -0.25) is 14.4 Å². The average Bonchev–Trinajstić information content (AvgIpc) is 3.34. The third kappa shape index (κ3) is 54.3. The van der Waals surface area contributed by atoms with Gasteiger partial charge < -0.3 is 14.2 Å². The molecule has 0 saturated heterocycles. The Morgan fingerprint density at radius 1 is 0.294 bits per heavy atom. The topological polar surface area (TPSA) is 78.9 Å². The van der Waals surface area contributed by atoms with Crippen molar-refractivity contribution >= 4 is 17.9 Å². The minimum Gasteiger partial charge on any atom is -0.462 e. The molecule has 0 amide bonds. The first kappa shape index (κ1) is 65.4. The molecule has 1 atom stereocenters. The maximum atomic E-state index is 12.9. The first-order valence-corrected chi connectivity index (χ1v) is 29.6. The Bertz CT molecular complexity index is 1190. The fourth-order valence-corrected chi connectivity index (χ4v) is 8.51. The van der Waals surface area contributed by atoms with Crippen molar-refractivity contribution in [3.8, 4) is 0 Å². The molecule has 0 aliphatic heterocycles. The summed E-state index contributed by atoms with van der Waals surface area (Å²) in [5.41, 5.74) is 0. The SMILES string of the molecule is CCCC/C=C\CCCCCCCC(=O)OCC(COC(=O)CCCCCCCCCCC/C=C\CCCCCCCCCC)OC(=O)CCCCCCCCC/C=C\C/C=C\CCCCCC. The van der Waals surface area contributed by atoms with E-state index in [1.54, 1.807) is 0 Å². The van der Waals surface area contributed by atoms with Gasteiger partial charge in [0.2, 0.25) is 0 Å². The van der Waals surface area contributed by atoms with E-state index < -0.39 is 6.10 Å². The molecule has 0 aliphatic rings. The fourth-order valence-electron chi connectivity index (χ4n) is 8.51. The van der Waals surface area contributed by atoms with Crippen LogP contribution in [-0.4, -0.2) is 37.2 Å². The number of ether oxygens (including phenoxy) is 3. The third-order valence-corrected chi connectivity index (χ3v) is 13.0. The van der Waals surface area contributed by atoms with Gasteiger partial charge in [-0.15, -0.1) is 0 Å². The van der Waals surface area contributed by atoms with Crippen LogP contribution >= 0.6 is 0 Å². The van der Waals surface area contributed by atoms with Crippen molar-refractivity contribution in [2.45, 2.75) is 316 Å². The summed E-state index contributed by atoms with van der Waals surface area (Å²) in [5.74, 6) is -0.886. The van der Waals surface area contributed by atoms with Gasteiger partial charge in [-0.05, 0) is 96.3 Å². The molecule has 0 aromatic carbocycles. The Balaban J connectivity index is 4.30. The Hall–Kier alpha value is -2.63. The van der Waals surface area contributed by atoms with Crippen LogP contribution in [0, 0.1) is 0 Å². The van der Waals surface area contributed by atoms with E-state index in [1.165, 1.54) is 193 Å². The number of esters is 3. The quantitative estimate of drug-likeness (QED) is 0.0262. The number of hydrogen-bond acceptors (Lipinski definition) is 6. The van der Waals surface area contributed by atoms with E-state index >= 15 is 0 Å². The Morgan fingerprint density at radius 2 is 0.544 bits per heavy atom. The normalized spacial score (nSPS) is 12.3. The van der Waals surface area contributed by atoms with E-state index in [-0.39, 0.29) is 31.1 Å². The summed E-state index contributed by atoms with van der Waals surface area (Å²) in [7, 11) is 0. The summed E-state index contributed by atoms with van der Waals surface area (Å²) < 4.78 is 16.9. The predicted octanol–water partition coefficient (Wildman–Crippen LogP) is 19.8. The molecule has 0 N–H and O–H groups in total. The molecule has 0 aromatic heterocycles. The van der Waals surface area contributed by atoms with Gasteiger partial charge in [0.1, 0.15) is 13.2 Å². The monoisotopic (exact) mass is 953 g/mol. The highest BCUT2D eigenvalue weighted by atomic mass is 16.6. The summed E-state index contributed by atoms with van der Waals surface area (Å²) in [4.78, 5) is 38.1. The van der Waals surface area contributed by atoms with E-state index in [1.807, 2.05) is 0 Å². The highest BCUT2D eigenvalue weighted by Crippen LogP contribution is 2.16. The maximum absolute atomic E-state index is 12.9. The lowest BCUT2D eigenvalue weighted by Gasteiger charge is -2.18. The number of hydrogen-bond donors (Lipinski definition) is 0. The Morgan fingerprint density at radius 3 is 0.882 bits per heavy atom. The molecule has 0 heterocycles. The highest BCUT2D eigenvalue weighted by molar-refractivity contribution is 5.71. The summed E-state index contributed by atoms with van der Waals surface area (Å²) in [6.45, 7) is 6.60. The van der Waals surface area contributed by atoms with Gasteiger partial charge in [-0.1, -0.05) is 243 Å². The molecule has 396 valence electrons. The van der Waals surface area contributed by atoms with Crippen molar-refractivity contribution in [2.24, 2.45) is 0 Å². The minimum absolute atomic E-state index is 0.0786. The first-order chi connectivity index (χ1) is 33.5. The van der Waals surface area contributed by atoms with Crippen molar-refractivity contribution < 1.29 is 28.6 Å². The second-order valence-electron chi connectivity index (χ2n) is 19.9. The van der Waals surface area contributed by atoms with Crippen LogP contribution in [0.4, 0.5) is 0 Å². The lowest BCUT2D eigenvalue weighted by molar-refractivity contribution is -0.167. The van der Waals surface area contributed by atoms with Gasteiger partial charge in [0.05, 0.1) is 0 Å². The molecule has 0 spiro atoms. The summed E-state index contributed by atoms with van der Waals surface area (Å²) in [6, 6.07) is 0. The van der Waals surface area contributed by atoms with Gasteiger partial charge in [0.25, 0.3) is 0 Å². The molecule has 0 aromatic rings. The maximum Gasteiger partial charge on any atom is 0.306 e. The highest BCUT2D eigenvalue weighted by Gasteiger charge is 2.19. The van der Waals surface area contributed by atoms with Crippen LogP contribution in [0.3, 0.4) is 0 Å². The number of carbonyl (C=O) groups excluding carboxylic acids is 3. The van der Waals surface area contributed by atoms with E-state index in [4.69, 9.17) is 14.2 Å². The van der Waals surface area contributed by atoms with Crippen LogP contribution in [0.2, 0.25) is 0 Å². The van der Waals surface area contributed by atoms with Gasteiger partial charge in [-0.2, -0.15) is 0 Å². The molecule has 1 unspecified atom stereocenters. The van der Waals surface area contributed by atoms with Gasteiger partial charge in [0.15, 0.2) is 6.10 Å². The van der Waals surface area contributed by atoms with Gasteiger partial charge >= 0.3 is 17.9 Å². The molecular weight excluding hydrogens is 841 g/mol. The Labute approximate surface area is 422 Å². The molecule has 0 aliphatic carbocycles. The molecule has 6 nitrogen and oxygen atoms in total. The van der Waals surface area contributed by atoms with Crippen LogP contribution in [-0.2, 0) is 28.6 Å². The molecule has 0 radical (unpaired) electrons. The zero-order valence-electron chi connectivity index (χ0n) is 45.4. The lowest BCUT2D eigenvalue weighted by atomic mass is 10.1. The van der Waals surface area contributed by atoms with Crippen LogP contribution < -0.4 is 0 Å². The second-order valence-corrected chi connectivity index (χ2v) is 19.9. The zero-order valence-corrected chi connectivity index (χ0v) is 45.4. The summed E-state index contributed by atoms with van der Waals surface area (Å²) in [5, 5.41) is 0. The van der Waals surface area contributed by atoms with E-state index in [9.17, 15) is 14.4 Å². The standard InChI is InChI=1S/C62H112O6/c1-4-7-10-13-16-19-22-24-26-28-30-31-32-34-35-37-40-43-46-49-52-55-61(64)67-58-59(57-66-60(63)54-51-48-45-42-39-21-18-15-12-9-6-3)68-62(65)56-53-50-47-44-41-38-36-33-29-27-25-23-20-17-14-11-8-5-2/h15,18,20,23,27-30,59H,4-14,16-17,19,21-22,24-26,31-58H2,1-3H3/b18-15-,23-20-,29-27-,30-28-. The molecule has 0 fully saturated rings. The molecule has 0 bridgehead atoms. The zero-order chi connectivity index (χ0) is 49.3. The molecule has 0 rings (SSSR count). The number of rotatable bonds is 54. The van der Waals surface area contributed by atoms with E-state index in [2.05, 4.69) is 69.4 Å². The van der Waals surface area contributed by atoms with E-state index in [0.717, 1.165) is 77.0 Å². The lowest BCUT2D eigenvalue weighted by Crippen LogP contribution is -2.30. The van der Waals surface area contributed by atoms with Gasteiger partial charge in [-0.25, -0.2) is 0 Å². The first-order valence-electron chi connectivity index (χ1n) is 29.6. The Kier molecular flexibility index (Phi) is 54.8. The van der Waals surface area contributed by atoms with Crippen molar-refractivity contribution in [1.82, 2.24) is 0 Å². The van der Waals surface area contributed by atoms with Gasteiger partial charge in [0, 0.05) is 19.3 Å². The van der Waals surface area contributed by atoms with Crippen molar-refractivity contribution in [2.75, 3.05) is 13.2 Å². The molecule has 6 heteroatoms. The average molecular weight is 954 g/mol. The van der Waals surface area contributed by atoms with Crippen LogP contribution in [0.1, 0.15) is 310 Å². The molecule has 0 saturated carbocycles. The van der Waals surface area contributed by atoms with Crippen molar-refractivity contribution in [3.05, 3.63) is 48.6 Å². The van der Waals surface area contributed by atoms with E-state index in [0.29, 0.717) is 19.3 Å². The van der Waals surface area contributed by atoms with Crippen LogP contribution in [0.25, 0.3) is 0 Å². The predicted molar refractivity (Wildman–Crippen MR) is 293 cm³/mol. The van der Waals surface area contributed by atoms with Crippen LogP contribution in [0.5, 0.6) is 0 Å². The van der Waals surface area contributed by atoms with Crippen LogP contribution in [0.15, 0.2) is 48.6 Å². The number of allylic oxidation sites excluding steroid dienone is 8. The van der Waals surface area contributed by atoms with Crippen molar-refractivity contribution in [3.63, 3.8) is 0 Å².